The minimum atomic E-state index is -6.94. The van der Waals surface area contributed by atoms with Gasteiger partial charge in [-0.2, -0.15) is 16.8 Å². The van der Waals surface area contributed by atoms with Crippen molar-refractivity contribution in [3.8, 4) is 0 Å². The number of carbonyl (C=O) groups excluding carboxylic acids is 4. The molecule has 4 amide bonds. The molecule has 6 rings (SSSR count). The molecule has 2 aliphatic rings. The molecule has 2 heterocycles. The average Bonchev–Trinajstić information content (AvgIpc) is 0.746. The topological polar surface area (TPSA) is 1110 Å². The van der Waals surface area contributed by atoms with Gasteiger partial charge in [-0.05, 0) is 59.4 Å². The van der Waals surface area contributed by atoms with Crippen LogP contribution in [0.25, 0.3) is 12.2 Å². The zero-order valence-electron chi connectivity index (χ0n) is 78.9. The van der Waals surface area contributed by atoms with Crippen molar-refractivity contribution in [1.29, 1.82) is 0 Å². The molecule has 4 aromatic rings. The zero-order valence-corrected chi connectivity index (χ0v) is 118. The molecule has 0 radical (unpaired) electrons. The maximum atomic E-state index is 15.5. The van der Waals surface area contributed by atoms with E-state index in [1.54, 1.807) is 0 Å². The molecule has 0 saturated carbocycles. The largest absolute Gasteiger partial charge is 1.00 e. The minimum Gasteiger partial charge on any atom is -0.827 e. The predicted octanol–water partition coefficient (Wildman–Crippen LogP) is -56.5. The molecule has 2 fully saturated rings. The molecule has 0 spiro atoms. The van der Waals surface area contributed by atoms with Crippen molar-refractivity contribution in [2.45, 2.75) is 122 Å². The monoisotopic (exact) mass is 2550 g/mol. The molecule has 0 aliphatic carbocycles. The number of nitrogens with one attached hydrogen (secondary N) is 4. The summed E-state index contributed by atoms with van der Waals surface area (Å²) < 4.78 is 569. The van der Waals surface area contributed by atoms with Crippen LogP contribution in [-0.4, -0.2) is 341 Å². The third-order valence-electron chi connectivity index (χ3n) is 16.6. The van der Waals surface area contributed by atoms with E-state index in [1.807, 2.05) is 10.6 Å². The van der Waals surface area contributed by atoms with E-state index < -0.39 is 329 Å². The molecule has 96 heteroatoms. The van der Waals surface area contributed by atoms with E-state index in [0.29, 0.717) is 0 Å². The van der Waals surface area contributed by atoms with Crippen LogP contribution >= 0.6 is 0 Å². The first-order valence-electron chi connectivity index (χ1n) is 34.2. The molecule has 2 aliphatic heterocycles. The molecule has 772 valence electrons. The minimum absolute atomic E-state index is 0. The van der Waals surface area contributed by atoms with E-state index in [2.05, 4.69) is 58.6 Å². The van der Waals surface area contributed by atoms with E-state index in [-0.39, 0.29) is 436 Å². The molecule has 2 saturated heterocycles. The van der Waals surface area contributed by atoms with Crippen molar-refractivity contribution < 1.29 is 693 Å². The molecule has 0 bridgehead atoms. The SMILES string of the molecule is O=C(N[C@@H]1[C@@H](OS(=O)(=O)[O-])[C@H](OS(=O)(=O)[O-])[C@@H](CNC(=O)[C@H](OS(=O)(=O)[O-])[C@@H](OS(=O)(=O)[O-])[C@H](OS(=O)(=O)[O-])[C@@H](COS(=O)(=O)[O-])OS(=O)(=O)[O-])O[C@@]1([O-])Cc1ccccc1)c1ccc(/C=C\c2ccc(C(=O)N[C@@H]3[C@@H](OS(=O)(=O)[O-])[C@H](OS(=O)(=O)[O-])[C@@H](CNC(=O)[C@H](OS(=O)(=O)[O-])[C@@H](OS(=O)(=O)[O-])[C@H](OS(=O)(=O)[O-])[C@@H](COS(=O)(=O)O)OS(=O)(=O)O)O[C@@]3([O-])Cc3ccccc3)cc2)cc1.[Na+].[Na+].[Na+].[Na+].[Na+].[Na+].[Na+].[Na+].[Na+].[Na+].[Na+].[Na+].[Na+].[Na+]. The van der Waals surface area contributed by atoms with Gasteiger partial charge in [0.2, 0.25) is 125 Å². The molecule has 0 unspecified atom stereocenters. The first-order chi connectivity index (χ1) is 61.4. The Kier molecular flexibility index (Phi) is 83.9. The first kappa shape index (κ1) is 174. The summed E-state index contributed by atoms with van der Waals surface area (Å²) in [6, 6.07) is 12.8. The molecular weight excluding hydrogens is 2500 g/mol. The number of carbonyl (C=O) groups is 4. The third kappa shape index (κ3) is 66.8. The standard InChI is InChI=1S/C54H66N4O64S14.14Na/c59-49(57-47-43(119-133(95,96)97)37(113-127(77,78)79)33(109-53(47,63)21-29-7-3-1-4-8-29)23-55-51(61)45(121-135(101,102)103)41(117-131(89,90)91)39(115-129(83,84)85)35(111-125(71,72)73)25-107-123(65,66)67)31-17-13-27(14-18-31)11-12-28-15-19-32(20-16-28)50(60)58-48-44(120-134(98,99)100)38(114-128(80,81)82)34(110-54(48,64)22-30-9-5-2-6-10-30)24-56-52(62)46(122-136(104,105)106)42(118-132(92,93)94)40(116-130(86,87)88)36(112-126(74,75)76)26-108-124(68,69)70;;;;;;;;;;;;;;/h1-20,33-48H,21-26H2,(H,55,61)(H,56,62)(H,57,59)(H,58,60)(H,65,66,67)(H,68,69,70)(H,71,72,73)(H,74,75,76)(H,77,78,79)(H,80,81,82)(H,83,84,85)(H,86,87,88)(H,89,90,91)(H,92,93,94)(H,95,96,97)(H,98,99,100)(H,101,102,103)(H,104,105,106);;;;;;;;;;;;;;/q-2;14*+1/p-12/b12-11-;;;;;;;;;;;;;;/t33-,34-,35-,36-,37-,38-,39-,40-,41+,42+,43+,44+,45-,46-,47-,48-,53+,54+;;;;;;;;;;;;;;/m1............../s1. The van der Waals surface area contributed by atoms with Crippen LogP contribution in [0.5, 0.6) is 0 Å². The van der Waals surface area contributed by atoms with Crippen molar-refractivity contribution in [1.82, 2.24) is 21.3 Å². The number of benzene rings is 4. The summed E-state index contributed by atoms with van der Waals surface area (Å²) in [4.78, 5) is 56.9. The normalized spacial score (nSPS) is 20.9. The van der Waals surface area contributed by atoms with Crippen molar-refractivity contribution >= 4 is 181 Å². The van der Waals surface area contributed by atoms with E-state index >= 15 is 10.2 Å². The number of rotatable bonds is 52. The predicted molar refractivity (Wildman–Crippen MR) is 396 cm³/mol. The maximum Gasteiger partial charge on any atom is 1.00 e. The van der Waals surface area contributed by atoms with E-state index in [1.165, 1.54) is 22.8 Å². The van der Waals surface area contributed by atoms with Crippen molar-refractivity contribution in [2.24, 2.45) is 0 Å². The van der Waals surface area contributed by atoms with Gasteiger partial charge in [0.25, 0.3) is 23.6 Å². The van der Waals surface area contributed by atoms with Crippen LogP contribution in [0.1, 0.15) is 43.0 Å². The molecule has 150 heavy (non-hydrogen) atoms. The second-order valence-electron chi connectivity index (χ2n) is 26.3. The van der Waals surface area contributed by atoms with Crippen molar-refractivity contribution in [3.63, 3.8) is 0 Å². The first-order valence-corrected chi connectivity index (χ1v) is 53.0. The Bertz CT molecular complexity index is 6400. The number of amides is 4. The molecule has 68 nitrogen and oxygen atoms in total. The molecule has 18 atom stereocenters. The van der Waals surface area contributed by atoms with Gasteiger partial charge < -0.3 is 95.6 Å². The third-order valence-corrected chi connectivity index (χ3v) is 23.0. The summed E-state index contributed by atoms with van der Waals surface area (Å²) >= 11 is 0. The van der Waals surface area contributed by atoms with Crippen LogP contribution in [0.4, 0.5) is 0 Å². The number of ether oxygens (including phenoxy) is 2. The van der Waals surface area contributed by atoms with E-state index in [9.17, 15) is 196 Å². The van der Waals surface area contributed by atoms with Crippen LogP contribution in [0.3, 0.4) is 0 Å². The smallest absolute Gasteiger partial charge is 0.827 e. The van der Waals surface area contributed by atoms with Crippen LogP contribution in [0.2, 0.25) is 0 Å². The molecular formula is C54H54N4Na14O64S14. The van der Waals surface area contributed by atoms with Gasteiger partial charge in [-0.1, -0.05) is 97.1 Å². The van der Waals surface area contributed by atoms with Crippen LogP contribution < -0.4 is 445 Å². The van der Waals surface area contributed by atoms with Gasteiger partial charge in [0, 0.05) is 35.8 Å². The Morgan fingerprint density at radius 2 is 0.567 bits per heavy atom. The van der Waals surface area contributed by atoms with Gasteiger partial charge in [-0.25, -0.2) is 109 Å². The van der Waals surface area contributed by atoms with Crippen molar-refractivity contribution in [2.75, 3.05) is 26.3 Å². The van der Waals surface area contributed by atoms with Gasteiger partial charge >= 0.3 is 435 Å². The summed E-state index contributed by atoms with van der Waals surface area (Å²) in [6.45, 7) is -9.18. The molecule has 0 aromatic heterocycles. The van der Waals surface area contributed by atoms with Gasteiger partial charge in [0.15, 0.2) is 12.2 Å². The molecule has 6 N–H and O–H groups in total. The fraction of sp³-hybridized carbons (Fsp3) is 0.444. The van der Waals surface area contributed by atoms with E-state index in [0.717, 1.165) is 109 Å². The van der Waals surface area contributed by atoms with Gasteiger partial charge in [0.05, 0.1) is 25.3 Å². The Hall–Kier alpha value is 6.52. The van der Waals surface area contributed by atoms with Crippen LogP contribution in [0, 0.1) is 0 Å². The Labute approximate surface area is 1160 Å². The summed E-state index contributed by atoms with van der Waals surface area (Å²) in [7, 11) is -93.1. The summed E-state index contributed by atoms with van der Waals surface area (Å²) in [5, 5.41) is 37.2. The number of hydrogen-bond donors (Lipinski definition) is 6. The van der Waals surface area contributed by atoms with Gasteiger partial charge in [0.1, 0.15) is 73.2 Å². The zero-order chi connectivity index (χ0) is 104. The Balaban J connectivity index is -0.00000203. The van der Waals surface area contributed by atoms with Gasteiger partial charge in [-0.3, -0.25) is 78.5 Å². The second-order valence-corrected chi connectivity index (χ2v) is 40.6. The number of hydrogen-bond acceptors (Lipinski definition) is 62. The summed E-state index contributed by atoms with van der Waals surface area (Å²) in [5.41, 5.74) is -1.98. The van der Waals surface area contributed by atoms with E-state index in [4.69, 9.17) is 14.0 Å². The van der Waals surface area contributed by atoms with Gasteiger partial charge in [-0.15, -0.1) is 0 Å². The second kappa shape index (κ2) is 72.4. The fourth-order valence-corrected chi connectivity index (χ4v) is 18.5. The van der Waals surface area contributed by atoms with Crippen LogP contribution in [0.15, 0.2) is 109 Å². The van der Waals surface area contributed by atoms with Crippen molar-refractivity contribution in [3.05, 3.63) is 143 Å². The summed E-state index contributed by atoms with van der Waals surface area (Å²) in [5.74, 6) is -16.5. The summed E-state index contributed by atoms with van der Waals surface area (Å²) in [6.07, 6.45) is -52.6. The Morgan fingerprint density at radius 3 is 0.813 bits per heavy atom. The van der Waals surface area contributed by atoms with Crippen LogP contribution in [-0.2, 0) is 236 Å². The maximum absolute atomic E-state index is 15.5. The fourth-order valence-electron chi connectivity index (χ4n) is 12.1. The average molecular weight is 2550 g/mol. The quantitative estimate of drug-likeness (QED) is 0.0103. The molecule has 4 aromatic carbocycles. The Morgan fingerprint density at radius 1 is 0.313 bits per heavy atom.